The summed E-state index contributed by atoms with van der Waals surface area (Å²) >= 11 is 0. The van der Waals surface area contributed by atoms with Gasteiger partial charge in [0.15, 0.2) is 9.84 Å². The summed E-state index contributed by atoms with van der Waals surface area (Å²) in [7, 11) is -3.34. The van der Waals surface area contributed by atoms with Crippen molar-refractivity contribution in [3.8, 4) is 0 Å². The third kappa shape index (κ3) is 1.85. The molecule has 0 saturated heterocycles. The van der Waals surface area contributed by atoms with E-state index in [2.05, 4.69) is 13.2 Å². The highest BCUT2D eigenvalue weighted by atomic mass is 32.2. The van der Waals surface area contributed by atoms with Crippen molar-refractivity contribution >= 4 is 9.84 Å². The molecule has 0 fully saturated rings. The van der Waals surface area contributed by atoms with Gasteiger partial charge in [-0.15, -0.1) is 0 Å². The minimum absolute atomic E-state index is 0.278. The molecule has 0 spiro atoms. The minimum atomic E-state index is -3.34. The Morgan fingerprint density at radius 1 is 1.25 bits per heavy atom. The lowest BCUT2D eigenvalue weighted by molar-refractivity contribution is 0.603. The van der Waals surface area contributed by atoms with Gasteiger partial charge in [0.2, 0.25) is 0 Å². The van der Waals surface area contributed by atoms with Crippen LogP contribution in [0.3, 0.4) is 0 Å². The first-order valence-electron chi connectivity index (χ1n) is 3.51. The molecule has 3 heteroatoms. The first-order chi connectivity index (χ1) is 5.55. The van der Waals surface area contributed by atoms with Gasteiger partial charge < -0.3 is 0 Å². The van der Waals surface area contributed by atoms with E-state index in [0.29, 0.717) is 12.0 Å². The average molecular weight is 182 g/mol. The summed E-state index contributed by atoms with van der Waals surface area (Å²) in [5.41, 5.74) is 0.715. The van der Waals surface area contributed by atoms with Crippen LogP contribution >= 0.6 is 0 Å². The van der Waals surface area contributed by atoms with Crippen molar-refractivity contribution in [3.05, 3.63) is 43.0 Å². The Bertz CT molecular complexity index is 366. The molecule has 0 unspecified atom stereocenters. The molecule has 1 rings (SSSR count). The smallest absolute Gasteiger partial charge is 0.179 e. The fourth-order valence-electron chi connectivity index (χ4n) is 1.01. The van der Waals surface area contributed by atoms with Gasteiger partial charge in [-0.05, 0) is 25.0 Å². The summed E-state index contributed by atoms with van der Waals surface area (Å²) in [6.07, 6.45) is 3.56. The highest BCUT2D eigenvalue weighted by Crippen LogP contribution is 2.15. The predicted molar refractivity (Wildman–Crippen MR) is 48.0 cm³/mol. The van der Waals surface area contributed by atoms with E-state index in [1.165, 1.54) is 0 Å². The molecule has 0 heterocycles. The third-order valence-electron chi connectivity index (χ3n) is 1.58. The summed E-state index contributed by atoms with van der Waals surface area (Å²) in [5, 5.41) is 0. The Morgan fingerprint density at radius 3 is 2.25 bits per heavy atom. The van der Waals surface area contributed by atoms with E-state index >= 15 is 0 Å². The predicted octanol–water partition coefficient (Wildman–Crippen LogP) is 1.63. The number of hydrogen-bond donors (Lipinski definition) is 0. The van der Waals surface area contributed by atoms with Crippen molar-refractivity contribution < 1.29 is 8.42 Å². The van der Waals surface area contributed by atoms with Gasteiger partial charge in [-0.25, -0.2) is 8.42 Å². The first-order valence-corrected chi connectivity index (χ1v) is 5.16. The van der Waals surface area contributed by atoms with Gasteiger partial charge in [0.1, 0.15) is 0 Å². The van der Waals surface area contributed by atoms with Crippen LogP contribution in [0.25, 0.3) is 0 Å². The second-order valence-electron chi connectivity index (χ2n) is 2.47. The largest absolute Gasteiger partial charge is 0.224 e. The maximum absolute atomic E-state index is 11.1. The van der Waals surface area contributed by atoms with Gasteiger partial charge in [-0.3, -0.25) is 0 Å². The molecule has 1 aromatic carbocycles. The van der Waals surface area contributed by atoms with E-state index in [-0.39, 0.29) is 4.90 Å². The maximum Gasteiger partial charge on any atom is 0.179 e. The van der Waals surface area contributed by atoms with Crippen molar-refractivity contribution in [1.82, 2.24) is 0 Å². The lowest BCUT2D eigenvalue weighted by Gasteiger charge is -2.03. The molecule has 0 aliphatic carbocycles. The molecule has 0 N–H and O–H groups in total. The molecule has 0 atom stereocenters. The molecule has 0 aliphatic heterocycles. The van der Waals surface area contributed by atoms with E-state index in [0.717, 1.165) is 0 Å². The topological polar surface area (TPSA) is 34.1 Å². The Morgan fingerprint density at radius 2 is 1.83 bits per heavy atom. The number of sulfone groups is 1. The van der Waals surface area contributed by atoms with Gasteiger partial charge in [-0.2, -0.15) is 0 Å². The van der Waals surface area contributed by atoms with E-state index in [4.69, 9.17) is 0 Å². The molecular formula is C9H10O2S. The van der Waals surface area contributed by atoms with Gasteiger partial charge in [0, 0.05) is 0 Å². The lowest BCUT2D eigenvalue weighted by atomic mass is 10.2. The van der Waals surface area contributed by atoms with Crippen molar-refractivity contribution in [2.24, 2.45) is 0 Å². The van der Waals surface area contributed by atoms with Crippen molar-refractivity contribution in [1.29, 1.82) is 0 Å². The zero-order valence-corrected chi connectivity index (χ0v) is 7.47. The summed E-state index contributed by atoms with van der Waals surface area (Å²) in [6, 6.07) is 6.75. The zero-order valence-electron chi connectivity index (χ0n) is 6.66. The molecule has 2 radical (unpaired) electrons. The fourth-order valence-corrected chi connectivity index (χ4v) is 1.87. The molecule has 2 nitrogen and oxygen atoms in total. The Hall–Kier alpha value is -0.830. The molecule has 0 amide bonds. The van der Waals surface area contributed by atoms with Crippen molar-refractivity contribution in [2.75, 3.05) is 0 Å². The molecule has 0 bridgehead atoms. The van der Waals surface area contributed by atoms with Crippen LogP contribution in [0.5, 0.6) is 0 Å². The van der Waals surface area contributed by atoms with Gasteiger partial charge in [-0.1, -0.05) is 18.2 Å². The Balaban J connectivity index is 3.33. The second-order valence-corrected chi connectivity index (χ2v) is 4.14. The highest BCUT2D eigenvalue weighted by molar-refractivity contribution is 7.92. The standard InChI is InChI=1S/C9H10O2S/c1-3-8-6-4-5-7-9(8)12(2,10)11/h4-7H,1-3H2. The van der Waals surface area contributed by atoms with Crippen LogP contribution in [0.1, 0.15) is 5.56 Å². The molecule has 1 aromatic rings. The monoisotopic (exact) mass is 182 g/mol. The molecule has 64 valence electrons. The van der Waals surface area contributed by atoms with E-state index < -0.39 is 9.84 Å². The Labute approximate surface area is 73.2 Å². The van der Waals surface area contributed by atoms with Crippen LogP contribution < -0.4 is 0 Å². The van der Waals surface area contributed by atoms with Crippen LogP contribution in [0.15, 0.2) is 29.2 Å². The summed E-state index contributed by atoms with van der Waals surface area (Å²) in [6.45, 7) is 3.64. The summed E-state index contributed by atoms with van der Waals surface area (Å²) in [4.78, 5) is 0.278. The van der Waals surface area contributed by atoms with Crippen LogP contribution in [0.2, 0.25) is 0 Å². The summed E-state index contributed by atoms with van der Waals surface area (Å²) < 4.78 is 22.1. The maximum atomic E-state index is 11.1. The fraction of sp³-hybridized carbons (Fsp3) is 0.111. The lowest BCUT2D eigenvalue weighted by Crippen LogP contribution is -1.98. The third-order valence-corrected chi connectivity index (χ3v) is 2.65. The molecule has 0 aromatic heterocycles. The SMILES string of the molecule is [CH2]Cc1ccccc1S([CH2])(=O)=O. The number of rotatable bonds is 2. The van der Waals surface area contributed by atoms with E-state index in [1.807, 2.05) is 0 Å². The van der Waals surface area contributed by atoms with Crippen LogP contribution in [-0.4, -0.2) is 8.42 Å². The minimum Gasteiger partial charge on any atom is -0.224 e. The first kappa shape index (κ1) is 9.26. The second kappa shape index (κ2) is 3.27. The summed E-state index contributed by atoms with van der Waals surface area (Å²) in [5.74, 6) is 0. The molecule has 0 saturated carbocycles. The van der Waals surface area contributed by atoms with Crippen molar-refractivity contribution in [2.45, 2.75) is 11.3 Å². The van der Waals surface area contributed by atoms with Crippen LogP contribution in [0, 0.1) is 13.2 Å². The number of benzene rings is 1. The zero-order chi connectivity index (χ0) is 9.19. The van der Waals surface area contributed by atoms with E-state index in [1.54, 1.807) is 24.3 Å². The van der Waals surface area contributed by atoms with Crippen LogP contribution in [0.4, 0.5) is 0 Å². The number of hydrogen-bond acceptors (Lipinski definition) is 2. The van der Waals surface area contributed by atoms with Gasteiger partial charge in [0.05, 0.1) is 11.2 Å². The molecule has 12 heavy (non-hydrogen) atoms. The average Bonchev–Trinajstić information content (AvgIpc) is 2.03. The Kier molecular flexibility index (Phi) is 2.52. The normalized spacial score (nSPS) is 11.5. The molecular weight excluding hydrogens is 172 g/mol. The van der Waals surface area contributed by atoms with Gasteiger partial charge >= 0.3 is 0 Å². The van der Waals surface area contributed by atoms with Crippen molar-refractivity contribution in [3.63, 3.8) is 0 Å². The van der Waals surface area contributed by atoms with E-state index in [9.17, 15) is 8.42 Å². The highest BCUT2D eigenvalue weighted by Gasteiger charge is 2.10. The quantitative estimate of drug-likeness (QED) is 0.696. The molecule has 0 aliphatic rings. The van der Waals surface area contributed by atoms with Crippen LogP contribution in [-0.2, 0) is 16.3 Å². The van der Waals surface area contributed by atoms with Gasteiger partial charge in [0.25, 0.3) is 0 Å².